The Labute approximate surface area is 123 Å². The number of allylic oxidation sites excluding steroid dienone is 1. The maximum atomic E-state index is 13.4. The van der Waals surface area contributed by atoms with Crippen molar-refractivity contribution in [2.45, 2.75) is 26.3 Å². The van der Waals surface area contributed by atoms with Crippen LogP contribution in [0, 0.1) is 17.1 Å². The molecule has 0 unspecified atom stereocenters. The van der Waals surface area contributed by atoms with Crippen molar-refractivity contribution < 1.29 is 4.39 Å². The quantitative estimate of drug-likeness (QED) is 0.857. The molecule has 0 saturated heterocycles. The second-order valence-corrected chi connectivity index (χ2v) is 4.72. The van der Waals surface area contributed by atoms with Crippen LogP contribution in [0.5, 0.6) is 0 Å². The lowest BCUT2D eigenvalue weighted by molar-refractivity contribution is 0.624. The first-order valence-electron chi connectivity index (χ1n) is 6.78. The van der Waals surface area contributed by atoms with Crippen molar-refractivity contribution in [2.24, 2.45) is 0 Å². The molecule has 2 N–H and O–H groups in total. The lowest BCUT2D eigenvalue weighted by Gasteiger charge is -2.06. The number of anilines is 1. The molecular formula is C16H17FN4. The number of hydrogen-bond acceptors (Lipinski definition) is 3. The average Bonchev–Trinajstić information content (AvgIpc) is 2.78. The van der Waals surface area contributed by atoms with Crippen molar-refractivity contribution >= 4 is 5.82 Å². The summed E-state index contributed by atoms with van der Waals surface area (Å²) in [6.45, 7) is 6.36. The van der Waals surface area contributed by atoms with E-state index < -0.39 is 5.82 Å². The van der Waals surface area contributed by atoms with Gasteiger partial charge in [-0.15, -0.1) is 6.58 Å². The highest BCUT2D eigenvalue weighted by Gasteiger charge is 2.16. The topological polar surface area (TPSA) is 67.6 Å². The van der Waals surface area contributed by atoms with Crippen LogP contribution in [0.1, 0.15) is 24.7 Å². The molecule has 0 saturated carbocycles. The molecule has 1 aromatic heterocycles. The fourth-order valence-electron chi connectivity index (χ4n) is 2.23. The smallest absolute Gasteiger partial charge is 0.140 e. The minimum absolute atomic E-state index is 0.0118. The average molecular weight is 284 g/mol. The maximum Gasteiger partial charge on any atom is 0.140 e. The zero-order valence-electron chi connectivity index (χ0n) is 11.9. The number of nitrogen functional groups attached to an aromatic ring is 1. The van der Waals surface area contributed by atoms with Gasteiger partial charge < -0.3 is 10.3 Å². The molecule has 0 aliphatic rings. The number of nitriles is 1. The van der Waals surface area contributed by atoms with Gasteiger partial charge in [-0.3, -0.25) is 0 Å². The van der Waals surface area contributed by atoms with E-state index in [1.165, 1.54) is 12.1 Å². The van der Waals surface area contributed by atoms with Gasteiger partial charge in [0.2, 0.25) is 0 Å². The highest BCUT2D eigenvalue weighted by Crippen LogP contribution is 2.28. The van der Waals surface area contributed by atoms with Crippen molar-refractivity contribution in [3.05, 3.63) is 48.1 Å². The zero-order valence-corrected chi connectivity index (χ0v) is 11.9. The third kappa shape index (κ3) is 2.79. The monoisotopic (exact) mass is 284 g/mol. The largest absolute Gasteiger partial charge is 0.383 e. The third-order valence-corrected chi connectivity index (χ3v) is 3.23. The van der Waals surface area contributed by atoms with E-state index >= 15 is 0 Å². The van der Waals surface area contributed by atoms with Gasteiger partial charge in [0.1, 0.15) is 29.2 Å². The molecule has 0 amide bonds. The first-order valence-corrected chi connectivity index (χ1v) is 6.78. The molecule has 5 heteroatoms. The van der Waals surface area contributed by atoms with E-state index in [1.807, 2.05) is 10.6 Å². The Balaban J connectivity index is 2.56. The molecule has 1 aromatic carbocycles. The number of aryl methyl sites for hydroxylation is 1. The van der Waals surface area contributed by atoms with E-state index in [4.69, 9.17) is 11.0 Å². The van der Waals surface area contributed by atoms with Gasteiger partial charge >= 0.3 is 0 Å². The predicted octanol–water partition coefficient (Wildman–Crippen LogP) is 3.28. The van der Waals surface area contributed by atoms with E-state index in [0.717, 1.165) is 18.7 Å². The van der Waals surface area contributed by atoms with E-state index in [1.54, 1.807) is 12.1 Å². The minimum atomic E-state index is -0.542. The lowest BCUT2D eigenvalue weighted by atomic mass is 10.1. The molecule has 1 heterocycles. The summed E-state index contributed by atoms with van der Waals surface area (Å²) in [6, 6.07) is 6.15. The molecule has 0 aliphatic carbocycles. The maximum absolute atomic E-state index is 13.4. The molecule has 0 bridgehead atoms. The van der Waals surface area contributed by atoms with Gasteiger partial charge in [-0.1, -0.05) is 13.0 Å². The summed E-state index contributed by atoms with van der Waals surface area (Å²) in [7, 11) is 0. The van der Waals surface area contributed by atoms with Gasteiger partial charge in [0.25, 0.3) is 0 Å². The Morgan fingerprint density at radius 3 is 2.90 bits per heavy atom. The number of halogens is 1. The van der Waals surface area contributed by atoms with Gasteiger partial charge in [-0.05, 0) is 24.6 Å². The molecule has 0 fully saturated rings. The fraction of sp³-hybridized carbons (Fsp3) is 0.250. The van der Waals surface area contributed by atoms with Crippen LogP contribution in [-0.4, -0.2) is 9.55 Å². The summed E-state index contributed by atoms with van der Waals surface area (Å²) in [5.74, 6) is 0.834. The first-order chi connectivity index (χ1) is 10.1. The molecule has 21 heavy (non-hydrogen) atoms. The van der Waals surface area contributed by atoms with Gasteiger partial charge in [0, 0.05) is 18.5 Å². The Morgan fingerprint density at radius 2 is 2.29 bits per heavy atom. The van der Waals surface area contributed by atoms with E-state index in [-0.39, 0.29) is 5.56 Å². The van der Waals surface area contributed by atoms with E-state index in [0.29, 0.717) is 23.6 Å². The second-order valence-electron chi connectivity index (χ2n) is 4.72. The normalized spacial score (nSPS) is 10.3. The standard InChI is InChI=1S/C16H17FN4/c1-3-5-14-20-15(16(19)21(14)8-4-2)11-6-7-13(17)12(9-11)10-18/h4,6-7,9H,2-3,5,8,19H2,1H3. The SMILES string of the molecule is C=CCn1c(CCC)nc(-c2ccc(F)c(C#N)c2)c1N. The Kier molecular flexibility index (Phi) is 4.39. The lowest BCUT2D eigenvalue weighted by Crippen LogP contribution is -2.05. The Hall–Kier alpha value is -2.61. The van der Waals surface area contributed by atoms with Gasteiger partial charge in [0.05, 0.1) is 5.56 Å². The molecule has 0 atom stereocenters. The minimum Gasteiger partial charge on any atom is -0.383 e. The number of nitrogens with two attached hydrogens (primary N) is 1. The van der Waals surface area contributed by atoms with Gasteiger partial charge in [-0.2, -0.15) is 5.26 Å². The highest BCUT2D eigenvalue weighted by atomic mass is 19.1. The fourth-order valence-corrected chi connectivity index (χ4v) is 2.23. The van der Waals surface area contributed by atoms with Gasteiger partial charge in [0.15, 0.2) is 0 Å². The predicted molar refractivity (Wildman–Crippen MR) is 80.9 cm³/mol. The number of nitrogens with zero attached hydrogens (tertiary/aromatic N) is 3. The van der Waals surface area contributed by atoms with Crippen LogP contribution in [0.3, 0.4) is 0 Å². The van der Waals surface area contributed by atoms with E-state index in [2.05, 4.69) is 18.5 Å². The van der Waals surface area contributed by atoms with Crippen LogP contribution < -0.4 is 5.73 Å². The summed E-state index contributed by atoms with van der Waals surface area (Å²) < 4.78 is 15.3. The molecule has 108 valence electrons. The number of aromatic nitrogens is 2. The molecule has 4 nitrogen and oxygen atoms in total. The van der Waals surface area contributed by atoms with E-state index in [9.17, 15) is 4.39 Å². The summed E-state index contributed by atoms with van der Waals surface area (Å²) in [5, 5.41) is 8.93. The number of rotatable bonds is 5. The van der Waals surface area contributed by atoms with Crippen molar-refractivity contribution in [1.82, 2.24) is 9.55 Å². The molecule has 0 spiro atoms. The van der Waals surface area contributed by atoms with Crippen LogP contribution in [-0.2, 0) is 13.0 Å². The molecule has 2 rings (SSSR count). The first kappa shape index (κ1) is 14.8. The van der Waals surface area contributed by atoms with Crippen LogP contribution >= 0.6 is 0 Å². The highest BCUT2D eigenvalue weighted by molar-refractivity contribution is 5.72. The third-order valence-electron chi connectivity index (χ3n) is 3.23. The summed E-state index contributed by atoms with van der Waals surface area (Å²) in [4.78, 5) is 4.55. The van der Waals surface area contributed by atoms with Crippen molar-refractivity contribution in [3.63, 3.8) is 0 Å². The van der Waals surface area contributed by atoms with Crippen molar-refractivity contribution in [3.8, 4) is 17.3 Å². The number of hydrogen-bond donors (Lipinski definition) is 1. The summed E-state index contributed by atoms with van der Waals surface area (Å²) in [6.07, 6.45) is 3.50. The molecule has 2 aromatic rings. The van der Waals surface area contributed by atoms with Crippen molar-refractivity contribution in [2.75, 3.05) is 5.73 Å². The Morgan fingerprint density at radius 1 is 1.52 bits per heavy atom. The molecular weight excluding hydrogens is 267 g/mol. The second kappa shape index (κ2) is 6.23. The zero-order chi connectivity index (χ0) is 15.4. The van der Waals surface area contributed by atoms with Crippen LogP contribution in [0.2, 0.25) is 0 Å². The molecule has 0 aliphatic heterocycles. The Bertz CT molecular complexity index is 710. The van der Waals surface area contributed by atoms with Crippen molar-refractivity contribution in [1.29, 1.82) is 5.26 Å². The number of benzene rings is 1. The summed E-state index contributed by atoms with van der Waals surface area (Å²) >= 11 is 0. The number of imidazole rings is 1. The van der Waals surface area contributed by atoms with Crippen LogP contribution in [0.15, 0.2) is 30.9 Å². The molecule has 0 radical (unpaired) electrons. The van der Waals surface area contributed by atoms with Crippen LogP contribution in [0.4, 0.5) is 10.2 Å². The van der Waals surface area contributed by atoms with Crippen LogP contribution in [0.25, 0.3) is 11.3 Å². The van der Waals surface area contributed by atoms with Gasteiger partial charge in [-0.25, -0.2) is 9.37 Å². The summed E-state index contributed by atoms with van der Waals surface area (Å²) in [5.41, 5.74) is 7.37.